The summed E-state index contributed by atoms with van der Waals surface area (Å²) in [7, 11) is -3.61. The maximum Gasteiger partial charge on any atom is 0.217 e. The van der Waals surface area contributed by atoms with Crippen molar-refractivity contribution >= 4 is 10.0 Å². The molecule has 2 aromatic heterocycles. The summed E-state index contributed by atoms with van der Waals surface area (Å²) in [6, 6.07) is 3.17. The fourth-order valence-electron chi connectivity index (χ4n) is 2.07. The Hall–Kier alpha value is -1.64. The van der Waals surface area contributed by atoms with E-state index in [9.17, 15) is 13.5 Å². The summed E-state index contributed by atoms with van der Waals surface area (Å²) in [6.45, 7) is 4.86. The number of hydrogen-bond donors (Lipinski definition) is 2. The second kappa shape index (κ2) is 5.63. The molecule has 0 aliphatic carbocycles. The molecule has 2 aromatic rings. The highest BCUT2D eigenvalue weighted by molar-refractivity contribution is 7.88. The Labute approximate surface area is 123 Å². The summed E-state index contributed by atoms with van der Waals surface area (Å²) in [6.07, 6.45) is 1.30. The van der Waals surface area contributed by atoms with Gasteiger partial charge in [0.05, 0.1) is 5.69 Å². The fraction of sp³-hybridized carbons (Fsp3) is 0.462. The quantitative estimate of drug-likeness (QED) is 0.830. The molecule has 0 fully saturated rings. The van der Waals surface area contributed by atoms with Crippen molar-refractivity contribution in [1.29, 1.82) is 0 Å². The van der Waals surface area contributed by atoms with Crippen molar-refractivity contribution in [2.45, 2.75) is 32.1 Å². The predicted molar refractivity (Wildman–Crippen MR) is 74.9 cm³/mol. The molecule has 7 nitrogen and oxygen atoms in total. The van der Waals surface area contributed by atoms with Crippen LogP contribution in [-0.2, 0) is 21.4 Å². The van der Waals surface area contributed by atoms with Gasteiger partial charge in [-0.25, -0.2) is 13.1 Å². The number of nitrogens with zero attached hydrogens (tertiary/aromatic N) is 1. The van der Waals surface area contributed by atoms with Gasteiger partial charge in [-0.1, -0.05) is 5.16 Å². The van der Waals surface area contributed by atoms with Gasteiger partial charge in [-0.2, -0.15) is 0 Å². The number of aliphatic hydroxyl groups is 1. The smallest absolute Gasteiger partial charge is 0.217 e. The van der Waals surface area contributed by atoms with Crippen molar-refractivity contribution < 1.29 is 22.5 Å². The molecule has 0 aliphatic heterocycles. The highest BCUT2D eigenvalue weighted by Crippen LogP contribution is 2.26. The van der Waals surface area contributed by atoms with Gasteiger partial charge in [0.1, 0.15) is 29.1 Å². The van der Waals surface area contributed by atoms with Crippen LogP contribution in [0.2, 0.25) is 0 Å². The Morgan fingerprint density at radius 1 is 1.43 bits per heavy atom. The number of hydrogen-bond acceptors (Lipinski definition) is 6. The first-order valence-corrected chi connectivity index (χ1v) is 8.01. The minimum atomic E-state index is -3.61. The monoisotopic (exact) mass is 314 g/mol. The minimum absolute atomic E-state index is 0.160. The first kappa shape index (κ1) is 15.7. The summed E-state index contributed by atoms with van der Waals surface area (Å²) < 4.78 is 36.2. The lowest BCUT2D eigenvalue weighted by Crippen LogP contribution is -2.39. The van der Waals surface area contributed by atoms with Crippen molar-refractivity contribution in [3.8, 4) is 0 Å². The molecule has 116 valence electrons. The van der Waals surface area contributed by atoms with Crippen LogP contribution < -0.4 is 4.72 Å². The summed E-state index contributed by atoms with van der Waals surface area (Å²) in [4.78, 5) is 0. The second-order valence-corrected chi connectivity index (χ2v) is 6.98. The molecule has 0 amide bonds. The number of rotatable bonds is 6. The fourth-order valence-corrected chi connectivity index (χ4v) is 3.21. The number of furan rings is 1. The topological polar surface area (TPSA) is 106 Å². The molecule has 21 heavy (non-hydrogen) atoms. The Kier molecular flexibility index (Phi) is 4.22. The maximum absolute atomic E-state index is 11.9. The van der Waals surface area contributed by atoms with Crippen molar-refractivity contribution in [3.05, 3.63) is 41.2 Å². The number of aryl methyl sites for hydroxylation is 2. The van der Waals surface area contributed by atoms with Crippen LogP contribution in [0, 0.1) is 13.8 Å². The Balaban J connectivity index is 2.06. The van der Waals surface area contributed by atoms with E-state index in [1.54, 1.807) is 19.9 Å². The Morgan fingerprint density at radius 2 is 2.14 bits per heavy atom. The van der Waals surface area contributed by atoms with E-state index in [4.69, 9.17) is 4.42 Å². The van der Waals surface area contributed by atoms with Crippen LogP contribution in [0.25, 0.3) is 0 Å². The van der Waals surface area contributed by atoms with Gasteiger partial charge in [-0.15, -0.1) is 0 Å². The predicted octanol–water partition coefficient (Wildman–Crippen LogP) is 1.21. The van der Waals surface area contributed by atoms with Crippen molar-refractivity contribution in [2.75, 3.05) is 6.54 Å². The molecule has 0 bridgehead atoms. The van der Waals surface area contributed by atoms with Gasteiger partial charge >= 0.3 is 0 Å². The zero-order valence-electron chi connectivity index (χ0n) is 12.1. The molecule has 0 saturated heterocycles. The van der Waals surface area contributed by atoms with Gasteiger partial charge in [0, 0.05) is 18.2 Å². The average molecular weight is 314 g/mol. The van der Waals surface area contributed by atoms with Gasteiger partial charge in [-0.05, 0) is 26.8 Å². The standard InChI is InChI=1S/C13H18N2O5S/c1-9-6-12(10(2)20-9)13(3,16)8-14-21(17,18)7-11-4-5-19-15-11/h4-6,14,16H,7-8H2,1-3H3. The summed E-state index contributed by atoms with van der Waals surface area (Å²) in [5.74, 6) is 0.921. The van der Waals surface area contributed by atoms with Crippen molar-refractivity contribution in [1.82, 2.24) is 9.88 Å². The number of nitrogens with one attached hydrogen (secondary N) is 1. The number of aromatic nitrogens is 1. The molecule has 8 heteroatoms. The molecule has 2 heterocycles. The molecule has 0 spiro atoms. The zero-order valence-corrected chi connectivity index (χ0v) is 12.9. The van der Waals surface area contributed by atoms with E-state index in [1.807, 2.05) is 0 Å². The second-order valence-electron chi connectivity index (χ2n) is 5.17. The third kappa shape index (κ3) is 3.93. The van der Waals surface area contributed by atoms with E-state index >= 15 is 0 Å². The molecule has 2 N–H and O–H groups in total. The highest BCUT2D eigenvalue weighted by Gasteiger charge is 2.29. The van der Waals surface area contributed by atoms with Gasteiger partial charge in [0.2, 0.25) is 10.0 Å². The van der Waals surface area contributed by atoms with Gasteiger partial charge in [0.15, 0.2) is 0 Å². The van der Waals surface area contributed by atoms with E-state index in [0.717, 1.165) is 0 Å². The third-order valence-electron chi connectivity index (χ3n) is 3.09. The molecular formula is C13H18N2O5S. The maximum atomic E-state index is 11.9. The van der Waals surface area contributed by atoms with Gasteiger partial charge in [0.25, 0.3) is 0 Å². The lowest BCUT2D eigenvalue weighted by Gasteiger charge is -2.23. The molecular weight excluding hydrogens is 296 g/mol. The van der Waals surface area contributed by atoms with E-state index in [0.29, 0.717) is 22.8 Å². The first-order chi connectivity index (χ1) is 9.70. The Morgan fingerprint density at radius 3 is 2.67 bits per heavy atom. The highest BCUT2D eigenvalue weighted by atomic mass is 32.2. The SMILES string of the molecule is Cc1cc(C(C)(O)CNS(=O)(=O)Cc2ccon2)c(C)o1. The van der Waals surface area contributed by atoms with Crippen LogP contribution in [0.1, 0.15) is 29.7 Å². The zero-order chi connectivity index (χ0) is 15.7. The minimum Gasteiger partial charge on any atom is -0.466 e. The lowest BCUT2D eigenvalue weighted by molar-refractivity contribution is 0.0612. The average Bonchev–Trinajstić information content (AvgIpc) is 2.96. The van der Waals surface area contributed by atoms with E-state index in [-0.39, 0.29) is 12.3 Å². The van der Waals surface area contributed by atoms with Crippen LogP contribution in [0.4, 0.5) is 0 Å². The van der Waals surface area contributed by atoms with Crippen LogP contribution >= 0.6 is 0 Å². The molecule has 1 unspecified atom stereocenters. The first-order valence-electron chi connectivity index (χ1n) is 6.36. The molecule has 2 rings (SSSR count). The van der Waals surface area contributed by atoms with E-state index in [2.05, 4.69) is 14.4 Å². The van der Waals surface area contributed by atoms with Gasteiger partial charge < -0.3 is 14.0 Å². The van der Waals surface area contributed by atoms with Crippen LogP contribution in [0.15, 0.2) is 27.3 Å². The van der Waals surface area contributed by atoms with Crippen LogP contribution in [0.5, 0.6) is 0 Å². The lowest BCUT2D eigenvalue weighted by atomic mass is 9.97. The van der Waals surface area contributed by atoms with Crippen molar-refractivity contribution in [3.63, 3.8) is 0 Å². The Bertz CT molecular complexity index is 701. The molecule has 0 aliphatic rings. The summed E-state index contributed by atoms with van der Waals surface area (Å²) in [5.41, 5.74) is -0.500. The largest absolute Gasteiger partial charge is 0.466 e. The van der Waals surface area contributed by atoms with Crippen LogP contribution in [-0.4, -0.2) is 25.2 Å². The molecule has 1 atom stereocenters. The van der Waals surface area contributed by atoms with E-state index in [1.165, 1.54) is 19.3 Å². The molecule has 0 radical (unpaired) electrons. The van der Waals surface area contributed by atoms with Crippen LogP contribution in [0.3, 0.4) is 0 Å². The summed E-state index contributed by atoms with van der Waals surface area (Å²) in [5, 5.41) is 14.0. The molecule has 0 saturated carbocycles. The van der Waals surface area contributed by atoms with E-state index < -0.39 is 15.6 Å². The molecule has 0 aromatic carbocycles. The third-order valence-corrected chi connectivity index (χ3v) is 4.35. The van der Waals surface area contributed by atoms with Gasteiger partial charge in [-0.3, -0.25) is 0 Å². The van der Waals surface area contributed by atoms with Crippen molar-refractivity contribution in [2.24, 2.45) is 0 Å². The normalized spacial score (nSPS) is 15.0. The number of sulfonamides is 1. The summed E-state index contributed by atoms with van der Waals surface area (Å²) >= 11 is 0.